The number of hydrogen-bond acceptors (Lipinski definition) is 2. The lowest BCUT2D eigenvalue weighted by Crippen LogP contribution is -2.37. The van der Waals surface area contributed by atoms with E-state index in [1.54, 1.807) is 7.11 Å². The molecule has 1 atom stereocenters. The van der Waals surface area contributed by atoms with E-state index in [0.717, 1.165) is 37.8 Å². The van der Waals surface area contributed by atoms with Gasteiger partial charge in [0.15, 0.2) is 5.96 Å². The van der Waals surface area contributed by atoms with Crippen LogP contribution in [0, 0.1) is 0 Å². The Morgan fingerprint density at radius 3 is 2.62 bits per heavy atom. The van der Waals surface area contributed by atoms with Gasteiger partial charge in [0, 0.05) is 19.6 Å². The van der Waals surface area contributed by atoms with Gasteiger partial charge in [0.25, 0.3) is 0 Å². The van der Waals surface area contributed by atoms with E-state index in [1.807, 2.05) is 18.2 Å². The summed E-state index contributed by atoms with van der Waals surface area (Å²) in [5.41, 5.74) is 1.31. The number of nitrogens with zero attached hydrogens (tertiary/aromatic N) is 1. The van der Waals surface area contributed by atoms with Gasteiger partial charge >= 0.3 is 0 Å². The summed E-state index contributed by atoms with van der Waals surface area (Å²) in [7, 11) is 1.69. The molecule has 0 saturated carbocycles. The average molecular weight is 289 g/mol. The van der Waals surface area contributed by atoms with Crippen LogP contribution in [0.3, 0.4) is 0 Å². The lowest BCUT2D eigenvalue weighted by molar-refractivity contribution is 0.414. The van der Waals surface area contributed by atoms with Gasteiger partial charge in [0.1, 0.15) is 5.75 Å². The predicted molar refractivity (Wildman–Crippen MR) is 90.2 cm³/mol. The minimum Gasteiger partial charge on any atom is -0.497 e. The van der Waals surface area contributed by atoms with Gasteiger partial charge in [-0.15, -0.1) is 6.58 Å². The molecule has 1 aromatic carbocycles. The Balaban J connectivity index is 2.49. The number of hydrogen-bond donors (Lipinski definition) is 2. The highest BCUT2D eigenvalue weighted by atomic mass is 16.5. The van der Waals surface area contributed by atoms with Crippen molar-refractivity contribution in [3.05, 3.63) is 42.5 Å². The summed E-state index contributed by atoms with van der Waals surface area (Å²) < 4.78 is 5.18. The summed E-state index contributed by atoms with van der Waals surface area (Å²) in [4.78, 5) is 4.57. The van der Waals surface area contributed by atoms with Gasteiger partial charge < -0.3 is 15.4 Å². The van der Waals surface area contributed by atoms with Crippen molar-refractivity contribution < 1.29 is 4.74 Å². The maximum atomic E-state index is 5.18. The van der Waals surface area contributed by atoms with Crippen LogP contribution in [0.1, 0.15) is 31.7 Å². The third-order valence-corrected chi connectivity index (χ3v) is 3.27. The SMILES string of the molecule is C=CCNC(=NCCC(C)c1ccc(OC)cc1)NCC. The standard InChI is InChI=1S/C17H27N3O/c1-5-12-19-17(18-6-2)20-13-11-14(3)15-7-9-16(21-4)10-8-15/h5,7-10,14H,1,6,11-13H2,2-4H3,(H2,18,19,20). The zero-order valence-electron chi connectivity index (χ0n) is 13.4. The summed E-state index contributed by atoms with van der Waals surface area (Å²) in [5, 5.41) is 6.42. The molecule has 0 bridgehead atoms. The van der Waals surface area contributed by atoms with Crippen molar-refractivity contribution in [1.29, 1.82) is 0 Å². The van der Waals surface area contributed by atoms with Crippen molar-refractivity contribution >= 4 is 5.96 Å². The Bertz CT molecular complexity index is 440. The lowest BCUT2D eigenvalue weighted by Gasteiger charge is -2.13. The van der Waals surface area contributed by atoms with Crippen LogP contribution in [0.4, 0.5) is 0 Å². The topological polar surface area (TPSA) is 45.7 Å². The number of benzene rings is 1. The van der Waals surface area contributed by atoms with E-state index in [9.17, 15) is 0 Å². The fourth-order valence-electron chi connectivity index (χ4n) is 1.98. The average Bonchev–Trinajstić information content (AvgIpc) is 2.52. The number of methoxy groups -OCH3 is 1. The third-order valence-electron chi connectivity index (χ3n) is 3.27. The summed E-state index contributed by atoms with van der Waals surface area (Å²) in [6, 6.07) is 8.25. The molecule has 0 aliphatic heterocycles. The number of nitrogens with one attached hydrogen (secondary N) is 2. The highest BCUT2D eigenvalue weighted by molar-refractivity contribution is 5.79. The van der Waals surface area contributed by atoms with Gasteiger partial charge in [-0.25, -0.2) is 0 Å². The van der Waals surface area contributed by atoms with Crippen LogP contribution in [0.25, 0.3) is 0 Å². The number of aliphatic imine (C=N–C) groups is 1. The summed E-state index contributed by atoms with van der Waals surface area (Å²) in [5.74, 6) is 2.22. The van der Waals surface area contributed by atoms with Gasteiger partial charge in [-0.1, -0.05) is 25.1 Å². The molecule has 0 heterocycles. The molecule has 4 heteroatoms. The summed E-state index contributed by atoms with van der Waals surface area (Å²) >= 11 is 0. The second-order valence-electron chi connectivity index (χ2n) is 4.89. The fourth-order valence-corrected chi connectivity index (χ4v) is 1.98. The largest absolute Gasteiger partial charge is 0.497 e. The van der Waals surface area contributed by atoms with E-state index in [4.69, 9.17) is 4.74 Å². The molecule has 1 aromatic rings. The third kappa shape index (κ3) is 6.34. The zero-order valence-corrected chi connectivity index (χ0v) is 13.4. The molecule has 0 aliphatic rings. The molecule has 0 spiro atoms. The molecule has 0 aromatic heterocycles. The van der Waals surface area contributed by atoms with Crippen molar-refractivity contribution in [2.45, 2.75) is 26.2 Å². The van der Waals surface area contributed by atoms with Crippen LogP contribution in [0.2, 0.25) is 0 Å². The van der Waals surface area contributed by atoms with E-state index in [1.165, 1.54) is 5.56 Å². The monoisotopic (exact) mass is 289 g/mol. The second kappa shape index (κ2) is 9.86. The predicted octanol–water partition coefficient (Wildman–Crippen LogP) is 2.93. The van der Waals surface area contributed by atoms with Crippen molar-refractivity contribution in [2.75, 3.05) is 26.7 Å². The molecule has 1 rings (SSSR count). The minimum atomic E-state index is 0.474. The Morgan fingerprint density at radius 2 is 2.05 bits per heavy atom. The molecule has 21 heavy (non-hydrogen) atoms. The van der Waals surface area contributed by atoms with E-state index in [0.29, 0.717) is 5.92 Å². The molecule has 4 nitrogen and oxygen atoms in total. The summed E-state index contributed by atoms with van der Waals surface area (Å²) in [6.45, 7) is 10.4. The van der Waals surface area contributed by atoms with Gasteiger partial charge in [0.2, 0.25) is 0 Å². The van der Waals surface area contributed by atoms with E-state index >= 15 is 0 Å². The normalized spacial score (nSPS) is 12.6. The van der Waals surface area contributed by atoms with Crippen molar-refractivity contribution in [2.24, 2.45) is 4.99 Å². The van der Waals surface area contributed by atoms with Crippen molar-refractivity contribution in [1.82, 2.24) is 10.6 Å². The molecule has 0 amide bonds. The first-order valence-corrected chi connectivity index (χ1v) is 7.48. The molecular weight excluding hydrogens is 262 g/mol. The molecule has 0 aliphatic carbocycles. The van der Waals surface area contributed by atoms with E-state index in [2.05, 4.69) is 48.2 Å². The van der Waals surface area contributed by atoms with Gasteiger partial charge in [-0.05, 0) is 37.0 Å². The van der Waals surface area contributed by atoms with Crippen LogP contribution in [0.15, 0.2) is 41.9 Å². The molecule has 116 valence electrons. The van der Waals surface area contributed by atoms with Crippen LogP contribution in [-0.4, -0.2) is 32.7 Å². The lowest BCUT2D eigenvalue weighted by atomic mass is 9.98. The number of guanidine groups is 1. The van der Waals surface area contributed by atoms with Crippen molar-refractivity contribution in [3.8, 4) is 5.75 Å². The van der Waals surface area contributed by atoms with Crippen LogP contribution in [0.5, 0.6) is 5.75 Å². The van der Waals surface area contributed by atoms with E-state index < -0.39 is 0 Å². The molecule has 1 unspecified atom stereocenters. The van der Waals surface area contributed by atoms with E-state index in [-0.39, 0.29) is 0 Å². The van der Waals surface area contributed by atoms with Crippen LogP contribution in [-0.2, 0) is 0 Å². The molecule has 0 radical (unpaired) electrons. The molecule has 0 saturated heterocycles. The smallest absolute Gasteiger partial charge is 0.191 e. The number of ether oxygens (including phenoxy) is 1. The van der Waals surface area contributed by atoms with Crippen LogP contribution >= 0.6 is 0 Å². The first kappa shape index (κ1) is 17.1. The zero-order chi connectivity index (χ0) is 15.5. The second-order valence-corrected chi connectivity index (χ2v) is 4.89. The maximum absolute atomic E-state index is 5.18. The fraction of sp³-hybridized carbons (Fsp3) is 0.471. The Labute approximate surface area is 128 Å². The molecule has 2 N–H and O–H groups in total. The van der Waals surface area contributed by atoms with Gasteiger partial charge in [-0.2, -0.15) is 0 Å². The Hall–Kier alpha value is -1.97. The minimum absolute atomic E-state index is 0.474. The first-order chi connectivity index (χ1) is 10.2. The highest BCUT2D eigenvalue weighted by Crippen LogP contribution is 2.21. The summed E-state index contributed by atoms with van der Waals surface area (Å²) in [6.07, 6.45) is 2.84. The molecule has 0 fully saturated rings. The quantitative estimate of drug-likeness (QED) is 0.439. The van der Waals surface area contributed by atoms with Gasteiger partial charge in [-0.3, -0.25) is 4.99 Å². The van der Waals surface area contributed by atoms with Gasteiger partial charge in [0.05, 0.1) is 7.11 Å². The number of rotatable bonds is 8. The first-order valence-electron chi connectivity index (χ1n) is 7.48. The highest BCUT2D eigenvalue weighted by Gasteiger charge is 2.05. The van der Waals surface area contributed by atoms with Crippen molar-refractivity contribution in [3.63, 3.8) is 0 Å². The Kier molecular flexibility index (Phi) is 8.02. The van der Waals surface area contributed by atoms with Crippen LogP contribution < -0.4 is 15.4 Å². The molecular formula is C17H27N3O. The maximum Gasteiger partial charge on any atom is 0.191 e. The Morgan fingerprint density at radius 1 is 1.33 bits per heavy atom.